The van der Waals surface area contributed by atoms with Crippen molar-refractivity contribution in [3.05, 3.63) is 52.8 Å². The van der Waals surface area contributed by atoms with Crippen LogP contribution in [0, 0.1) is 0 Å². The molecule has 0 saturated heterocycles. The first-order valence-corrected chi connectivity index (χ1v) is 6.75. The third-order valence-corrected chi connectivity index (χ3v) is 2.99. The number of rotatable bonds is 4. The molecule has 2 aromatic rings. The van der Waals surface area contributed by atoms with Crippen molar-refractivity contribution in [1.29, 1.82) is 0 Å². The monoisotopic (exact) mass is 335 g/mol. The number of hydrogen-bond donors (Lipinski definition) is 2. The van der Waals surface area contributed by atoms with E-state index in [2.05, 4.69) is 36.3 Å². The number of amides is 1. The predicted molar refractivity (Wildman–Crippen MR) is 81.7 cm³/mol. The fraction of sp³-hybridized carbons (Fsp3) is 0.143. The summed E-state index contributed by atoms with van der Waals surface area (Å²) in [5.41, 5.74) is 2.64. The van der Waals surface area contributed by atoms with Crippen LogP contribution in [-0.4, -0.2) is 18.2 Å². The predicted octanol–water partition coefficient (Wildman–Crippen LogP) is 3.63. The molecule has 0 fully saturated rings. The van der Waals surface area contributed by atoms with Crippen LogP contribution in [0.5, 0.6) is 0 Å². The highest BCUT2D eigenvalue weighted by molar-refractivity contribution is 9.10. The number of carbonyl (C=O) groups excluding carboxylic acids is 1. The Morgan fingerprint density at radius 2 is 2.10 bits per heavy atom. The Morgan fingerprint density at radius 1 is 1.30 bits per heavy atom. The maximum absolute atomic E-state index is 11.1. The molecule has 0 aliphatic heterocycles. The van der Waals surface area contributed by atoms with Gasteiger partial charge in [-0.05, 0) is 45.8 Å². The van der Waals surface area contributed by atoms with E-state index in [1.807, 2.05) is 24.3 Å². The van der Waals surface area contributed by atoms with Crippen molar-refractivity contribution in [3.8, 4) is 0 Å². The lowest BCUT2D eigenvalue weighted by Gasteiger charge is -2.09. The molecule has 0 aliphatic rings. The lowest BCUT2D eigenvalue weighted by molar-refractivity contribution is 0.187. The van der Waals surface area contributed by atoms with Gasteiger partial charge in [-0.1, -0.05) is 6.07 Å². The van der Waals surface area contributed by atoms with Crippen molar-refractivity contribution in [2.24, 2.45) is 0 Å². The Hall–Kier alpha value is -2.08. The number of nitrogens with zero attached hydrogens (tertiary/aromatic N) is 1. The van der Waals surface area contributed by atoms with Gasteiger partial charge in [-0.25, -0.2) is 4.79 Å². The van der Waals surface area contributed by atoms with Gasteiger partial charge in [-0.3, -0.25) is 10.3 Å². The number of anilines is 2. The van der Waals surface area contributed by atoms with Gasteiger partial charge in [-0.2, -0.15) is 0 Å². The molecule has 20 heavy (non-hydrogen) atoms. The molecule has 2 N–H and O–H groups in total. The lowest BCUT2D eigenvalue weighted by Crippen LogP contribution is -2.11. The summed E-state index contributed by atoms with van der Waals surface area (Å²) in [7, 11) is 1.33. The molecule has 1 aromatic heterocycles. The quantitative estimate of drug-likeness (QED) is 0.895. The van der Waals surface area contributed by atoms with Gasteiger partial charge in [0.25, 0.3) is 0 Å². The standard InChI is InChI=1S/C14H14BrN3O2/c1-20-14(19)18-13-4-2-3-12(6-13)17-8-10-5-11(15)9-16-7-10/h2-7,9,17H,8H2,1H3,(H,18,19). The van der Waals surface area contributed by atoms with E-state index in [-0.39, 0.29) is 0 Å². The molecule has 1 aromatic carbocycles. The third-order valence-electron chi connectivity index (χ3n) is 2.55. The van der Waals surface area contributed by atoms with Crippen LogP contribution in [0.25, 0.3) is 0 Å². The number of ether oxygens (including phenoxy) is 1. The second-order valence-electron chi connectivity index (χ2n) is 4.06. The molecule has 0 spiro atoms. The van der Waals surface area contributed by atoms with E-state index in [0.29, 0.717) is 12.2 Å². The number of hydrogen-bond acceptors (Lipinski definition) is 4. The van der Waals surface area contributed by atoms with Crippen molar-refractivity contribution in [2.75, 3.05) is 17.7 Å². The molecule has 2 rings (SSSR count). The fourth-order valence-corrected chi connectivity index (χ4v) is 2.04. The zero-order valence-corrected chi connectivity index (χ0v) is 12.5. The Kier molecular flexibility index (Phi) is 4.95. The van der Waals surface area contributed by atoms with Crippen LogP contribution in [0.4, 0.5) is 16.2 Å². The molecule has 0 radical (unpaired) electrons. The molecule has 1 heterocycles. The second-order valence-corrected chi connectivity index (χ2v) is 4.98. The van der Waals surface area contributed by atoms with Crippen molar-refractivity contribution in [2.45, 2.75) is 6.54 Å². The SMILES string of the molecule is COC(=O)Nc1cccc(NCc2cncc(Br)c2)c1. The average molecular weight is 336 g/mol. The molecule has 0 unspecified atom stereocenters. The van der Waals surface area contributed by atoms with E-state index in [9.17, 15) is 4.79 Å². The number of pyridine rings is 1. The van der Waals surface area contributed by atoms with Crippen molar-refractivity contribution in [3.63, 3.8) is 0 Å². The van der Waals surface area contributed by atoms with E-state index in [1.165, 1.54) is 7.11 Å². The summed E-state index contributed by atoms with van der Waals surface area (Å²) in [5, 5.41) is 5.89. The van der Waals surface area contributed by atoms with Crippen molar-refractivity contribution < 1.29 is 9.53 Å². The van der Waals surface area contributed by atoms with E-state index < -0.39 is 6.09 Å². The summed E-state index contributed by atoms with van der Waals surface area (Å²) in [5.74, 6) is 0. The van der Waals surface area contributed by atoms with Crippen LogP contribution in [0.3, 0.4) is 0 Å². The first-order valence-electron chi connectivity index (χ1n) is 5.96. The number of benzene rings is 1. The number of methoxy groups -OCH3 is 1. The molecule has 0 saturated carbocycles. The van der Waals surface area contributed by atoms with Gasteiger partial charge in [0.2, 0.25) is 0 Å². The van der Waals surface area contributed by atoms with Gasteiger partial charge >= 0.3 is 6.09 Å². The van der Waals surface area contributed by atoms with E-state index in [1.54, 1.807) is 18.5 Å². The number of carbonyl (C=O) groups is 1. The topological polar surface area (TPSA) is 63.2 Å². The lowest BCUT2D eigenvalue weighted by atomic mass is 10.2. The first kappa shape index (κ1) is 14.3. The molecular formula is C14H14BrN3O2. The number of aromatic nitrogens is 1. The van der Waals surface area contributed by atoms with Gasteiger partial charge in [-0.15, -0.1) is 0 Å². The molecule has 6 heteroatoms. The maximum Gasteiger partial charge on any atom is 0.411 e. The second kappa shape index (κ2) is 6.91. The zero-order valence-electron chi connectivity index (χ0n) is 10.9. The van der Waals surface area contributed by atoms with Crippen LogP contribution < -0.4 is 10.6 Å². The highest BCUT2D eigenvalue weighted by Crippen LogP contribution is 2.17. The average Bonchev–Trinajstić information content (AvgIpc) is 2.45. The molecule has 104 valence electrons. The highest BCUT2D eigenvalue weighted by Gasteiger charge is 2.01. The van der Waals surface area contributed by atoms with Crippen molar-refractivity contribution in [1.82, 2.24) is 4.98 Å². The highest BCUT2D eigenvalue weighted by atomic mass is 79.9. The minimum absolute atomic E-state index is 0.488. The van der Waals surface area contributed by atoms with Crippen LogP contribution in [0.15, 0.2) is 47.2 Å². The van der Waals surface area contributed by atoms with E-state index >= 15 is 0 Å². The van der Waals surface area contributed by atoms with Crippen LogP contribution in [0.1, 0.15) is 5.56 Å². The van der Waals surface area contributed by atoms with Crippen LogP contribution in [0.2, 0.25) is 0 Å². The summed E-state index contributed by atoms with van der Waals surface area (Å²) >= 11 is 3.38. The van der Waals surface area contributed by atoms with Gasteiger partial charge < -0.3 is 10.1 Å². The molecule has 5 nitrogen and oxygen atoms in total. The summed E-state index contributed by atoms with van der Waals surface area (Å²) in [6, 6.07) is 9.41. The maximum atomic E-state index is 11.1. The molecule has 0 atom stereocenters. The molecular weight excluding hydrogens is 322 g/mol. The van der Waals surface area contributed by atoms with Gasteiger partial charge in [0, 0.05) is 34.8 Å². The molecule has 0 aliphatic carbocycles. The Balaban J connectivity index is 1.99. The largest absolute Gasteiger partial charge is 0.453 e. The molecule has 1 amide bonds. The summed E-state index contributed by atoms with van der Waals surface area (Å²) < 4.78 is 5.50. The normalized spacial score (nSPS) is 9.90. The summed E-state index contributed by atoms with van der Waals surface area (Å²) in [4.78, 5) is 15.2. The van der Waals surface area contributed by atoms with Gasteiger partial charge in [0.05, 0.1) is 7.11 Å². The third kappa shape index (κ3) is 4.24. The van der Waals surface area contributed by atoms with Crippen LogP contribution >= 0.6 is 15.9 Å². The van der Waals surface area contributed by atoms with Gasteiger partial charge in [0.1, 0.15) is 0 Å². The zero-order chi connectivity index (χ0) is 14.4. The molecule has 0 bridgehead atoms. The Morgan fingerprint density at radius 3 is 2.85 bits per heavy atom. The minimum atomic E-state index is -0.488. The number of halogens is 1. The summed E-state index contributed by atoms with van der Waals surface area (Å²) in [6.45, 7) is 0.647. The smallest absolute Gasteiger partial charge is 0.411 e. The minimum Gasteiger partial charge on any atom is -0.453 e. The van der Waals surface area contributed by atoms with Crippen molar-refractivity contribution >= 4 is 33.4 Å². The summed E-state index contributed by atoms with van der Waals surface area (Å²) in [6.07, 6.45) is 3.05. The van der Waals surface area contributed by atoms with Gasteiger partial charge in [0.15, 0.2) is 0 Å². The van der Waals surface area contributed by atoms with E-state index in [0.717, 1.165) is 15.7 Å². The Bertz CT molecular complexity index is 604. The number of nitrogens with one attached hydrogen (secondary N) is 2. The Labute approximate surface area is 125 Å². The van der Waals surface area contributed by atoms with E-state index in [4.69, 9.17) is 0 Å². The fourth-order valence-electron chi connectivity index (χ4n) is 1.63. The first-order chi connectivity index (χ1) is 9.67. The van der Waals surface area contributed by atoms with Crippen LogP contribution in [-0.2, 0) is 11.3 Å².